The van der Waals surface area contributed by atoms with Crippen molar-refractivity contribution in [2.45, 2.75) is 43.5 Å². The van der Waals surface area contributed by atoms with Gasteiger partial charge in [-0.25, -0.2) is 9.49 Å². The summed E-state index contributed by atoms with van der Waals surface area (Å²) in [5.74, 6) is -5.29. The Labute approximate surface area is 177 Å². The average molecular weight is 455 g/mol. The lowest BCUT2D eigenvalue weighted by Crippen LogP contribution is -2.55. The van der Waals surface area contributed by atoms with Gasteiger partial charge in [0.2, 0.25) is 5.82 Å². The number of hydrogen-bond acceptors (Lipinski definition) is 5. The molecular formula is C21H18F5N3O3. The van der Waals surface area contributed by atoms with E-state index in [-0.39, 0.29) is 28.4 Å². The zero-order chi connectivity index (χ0) is 23.4. The Morgan fingerprint density at radius 1 is 1.28 bits per heavy atom. The summed E-state index contributed by atoms with van der Waals surface area (Å²) in [7, 11) is 0. The van der Waals surface area contributed by atoms with Gasteiger partial charge in [0.05, 0.1) is 17.6 Å². The molecule has 0 unspecified atom stereocenters. The summed E-state index contributed by atoms with van der Waals surface area (Å²) in [6, 6.07) is 2.75. The van der Waals surface area contributed by atoms with Crippen LogP contribution in [-0.4, -0.2) is 32.2 Å². The highest BCUT2D eigenvalue weighted by Crippen LogP contribution is 2.55. The topological polar surface area (TPSA) is 98.2 Å². The van der Waals surface area contributed by atoms with Gasteiger partial charge in [0.15, 0.2) is 17.2 Å². The predicted octanol–water partition coefficient (Wildman–Crippen LogP) is 4.25. The molecule has 3 aromatic rings. The fourth-order valence-electron chi connectivity index (χ4n) is 4.39. The highest BCUT2D eigenvalue weighted by molar-refractivity contribution is 5.92. The smallest absolute Gasteiger partial charge is 0.419 e. The Morgan fingerprint density at radius 2 is 2.00 bits per heavy atom. The maximum Gasteiger partial charge on any atom is 0.419 e. The van der Waals surface area contributed by atoms with Gasteiger partial charge in [-0.05, 0) is 42.5 Å². The molecule has 4 N–H and O–H groups in total. The Bertz CT molecular complexity index is 1260. The number of aliphatic hydroxyl groups is 1. The lowest BCUT2D eigenvalue weighted by molar-refractivity contribution is -0.272. The molecule has 1 heterocycles. The highest BCUT2D eigenvalue weighted by Gasteiger charge is 2.62. The molecular weight excluding hydrogens is 437 g/mol. The fraction of sp³-hybridized carbons (Fsp3) is 0.333. The van der Waals surface area contributed by atoms with Gasteiger partial charge in [0.1, 0.15) is 0 Å². The highest BCUT2D eigenvalue weighted by atomic mass is 19.4. The standard InChI is InChI=1S/C21H18F5N3O3/c1-2-9-7-20(32,21(24,25)26)18(11-6-13(22)16(23)17(30)15(9)11)28-14-5-3-4-10-12(14)8-27-29-19(10)31/h3-6,8-9,18,28,30,32H,2,7H2,1H3,(H,29,31)/t9-,18+,20+/m1/s1. The number of fused-ring (bicyclic) bond motifs is 2. The van der Waals surface area contributed by atoms with Crippen LogP contribution in [-0.2, 0) is 0 Å². The Balaban J connectivity index is 1.98. The molecule has 4 rings (SSSR count). The van der Waals surface area contributed by atoms with E-state index in [0.29, 0.717) is 6.07 Å². The molecule has 1 aliphatic rings. The summed E-state index contributed by atoms with van der Waals surface area (Å²) in [5, 5.41) is 29.8. The van der Waals surface area contributed by atoms with Crippen molar-refractivity contribution in [2.75, 3.05) is 5.32 Å². The lowest BCUT2D eigenvalue weighted by Gasteiger charge is -2.45. The molecule has 32 heavy (non-hydrogen) atoms. The second-order valence-corrected chi connectivity index (χ2v) is 7.80. The molecule has 1 aromatic heterocycles. The number of phenols is 1. The molecule has 0 bridgehead atoms. The second-order valence-electron chi connectivity index (χ2n) is 7.80. The number of nitrogens with zero attached hydrogens (tertiary/aromatic N) is 1. The number of rotatable bonds is 3. The third kappa shape index (κ3) is 3.19. The third-order valence-corrected chi connectivity index (χ3v) is 6.01. The van der Waals surface area contributed by atoms with Crippen LogP contribution in [0.2, 0.25) is 0 Å². The molecule has 11 heteroatoms. The van der Waals surface area contributed by atoms with Crippen molar-refractivity contribution >= 4 is 16.5 Å². The van der Waals surface area contributed by atoms with Crippen LogP contribution in [0.15, 0.2) is 35.3 Å². The maximum absolute atomic E-state index is 14.2. The number of aromatic hydroxyl groups is 1. The van der Waals surface area contributed by atoms with Gasteiger partial charge in [-0.2, -0.15) is 22.7 Å². The maximum atomic E-state index is 14.2. The van der Waals surface area contributed by atoms with Crippen LogP contribution in [0.4, 0.5) is 27.6 Å². The van der Waals surface area contributed by atoms with Gasteiger partial charge in [-0.1, -0.05) is 13.0 Å². The van der Waals surface area contributed by atoms with Crippen molar-refractivity contribution in [1.29, 1.82) is 0 Å². The van der Waals surface area contributed by atoms with Gasteiger partial charge in [-0.3, -0.25) is 4.79 Å². The van der Waals surface area contributed by atoms with Gasteiger partial charge < -0.3 is 15.5 Å². The van der Waals surface area contributed by atoms with Gasteiger partial charge >= 0.3 is 6.18 Å². The average Bonchev–Trinajstić information content (AvgIpc) is 2.73. The summed E-state index contributed by atoms with van der Waals surface area (Å²) in [4.78, 5) is 12.0. The number of phenolic OH excluding ortho intramolecular Hbond substituents is 1. The summed E-state index contributed by atoms with van der Waals surface area (Å²) in [5.41, 5.74) is -4.58. The number of aromatic amines is 1. The number of halogens is 5. The summed E-state index contributed by atoms with van der Waals surface area (Å²) in [6.45, 7) is 1.52. The molecule has 0 spiro atoms. The van der Waals surface area contributed by atoms with Crippen molar-refractivity contribution in [3.63, 3.8) is 0 Å². The minimum atomic E-state index is -5.16. The Kier molecular flexibility index (Phi) is 5.11. The fourth-order valence-corrected chi connectivity index (χ4v) is 4.39. The molecule has 0 radical (unpaired) electrons. The summed E-state index contributed by atoms with van der Waals surface area (Å²) < 4.78 is 70.7. The quantitative estimate of drug-likeness (QED) is 0.443. The number of hydrogen-bond donors (Lipinski definition) is 4. The zero-order valence-electron chi connectivity index (χ0n) is 16.6. The molecule has 170 valence electrons. The Morgan fingerprint density at radius 3 is 2.66 bits per heavy atom. The van der Waals surface area contributed by atoms with E-state index >= 15 is 0 Å². The molecule has 6 nitrogen and oxygen atoms in total. The van der Waals surface area contributed by atoms with E-state index in [9.17, 15) is 37.0 Å². The number of anilines is 1. The van der Waals surface area contributed by atoms with Crippen molar-refractivity contribution in [1.82, 2.24) is 10.2 Å². The normalized spacial score (nSPS) is 23.2. The minimum absolute atomic E-state index is 0.0129. The predicted molar refractivity (Wildman–Crippen MR) is 105 cm³/mol. The van der Waals surface area contributed by atoms with E-state index in [1.54, 1.807) is 0 Å². The zero-order valence-corrected chi connectivity index (χ0v) is 16.6. The largest absolute Gasteiger partial charge is 0.505 e. The minimum Gasteiger partial charge on any atom is -0.505 e. The van der Waals surface area contributed by atoms with Gasteiger partial charge in [0.25, 0.3) is 5.56 Å². The van der Waals surface area contributed by atoms with E-state index < -0.39 is 58.7 Å². The van der Waals surface area contributed by atoms with E-state index in [4.69, 9.17) is 0 Å². The molecule has 0 saturated heterocycles. The molecule has 0 aliphatic heterocycles. The molecule has 0 fully saturated rings. The molecule has 0 amide bonds. The SMILES string of the molecule is CC[C@@H]1C[C@@](O)(C(F)(F)F)[C@@H](Nc2cccc3c(=O)[nH]ncc23)c2cc(F)c(F)c(O)c21. The number of H-pyrrole nitrogens is 1. The van der Waals surface area contributed by atoms with Crippen LogP contribution in [0.5, 0.6) is 5.75 Å². The van der Waals surface area contributed by atoms with Crippen molar-refractivity contribution in [2.24, 2.45) is 0 Å². The first-order chi connectivity index (χ1) is 15.0. The second kappa shape index (κ2) is 7.44. The molecule has 3 atom stereocenters. The van der Waals surface area contributed by atoms with Crippen LogP contribution < -0.4 is 10.9 Å². The van der Waals surface area contributed by atoms with E-state index in [1.165, 1.54) is 31.3 Å². The van der Waals surface area contributed by atoms with Crippen LogP contribution in [0.1, 0.15) is 42.9 Å². The summed E-state index contributed by atoms with van der Waals surface area (Å²) >= 11 is 0. The Hall–Kier alpha value is -3.21. The first-order valence-electron chi connectivity index (χ1n) is 9.72. The van der Waals surface area contributed by atoms with Crippen LogP contribution in [0.25, 0.3) is 10.8 Å². The third-order valence-electron chi connectivity index (χ3n) is 6.01. The first-order valence-corrected chi connectivity index (χ1v) is 9.72. The van der Waals surface area contributed by atoms with Gasteiger partial charge in [-0.15, -0.1) is 0 Å². The first kappa shape index (κ1) is 22.0. The van der Waals surface area contributed by atoms with E-state index in [0.717, 1.165) is 0 Å². The van der Waals surface area contributed by atoms with Crippen LogP contribution in [0.3, 0.4) is 0 Å². The monoisotopic (exact) mass is 455 g/mol. The van der Waals surface area contributed by atoms with E-state index in [1.807, 2.05) is 0 Å². The summed E-state index contributed by atoms with van der Waals surface area (Å²) in [6.07, 6.45) is -4.80. The van der Waals surface area contributed by atoms with Crippen molar-refractivity contribution < 1.29 is 32.2 Å². The van der Waals surface area contributed by atoms with Crippen LogP contribution >= 0.6 is 0 Å². The number of benzene rings is 2. The number of alkyl halides is 3. The number of nitrogens with one attached hydrogen (secondary N) is 2. The molecule has 0 saturated carbocycles. The molecule has 1 aliphatic carbocycles. The van der Waals surface area contributed by atoms with Crippen molar-refractivity contribution in [3.05, 3.63) is 63.6 Å². The van der Waals surface area contributed by atoms with Crippen molar-refractivity contribution in [3.8, 4) is 5.75 Å². The number of aromatic nitrogens is 2. The lowest BCUT2D eigenvalue weighted by atomic mass is 9.69. The molecule has 2 aromatic carbocycles. The van der Waals surface area contributed by atoms with Crippen LogP contribution in [0, 0.1) is 11.6 Å². The van der Waals surface area contributed by atoms with Gasteiger partial charge in [0, 0.05) is 16.6 Å². The van der Waals surface area contributed by atoms with E-state index in [2.05, 4.69) is 15.5 Å².